The van der Waals surface area contributed by atoms with Crippen molar-refractivity contribution in [1.82, 2.24) is 4.90 Å². The summed E-state index contributed by atoms with van der Waals surface area (Å²) >= 11 is 0. The fourth-order valence-corrected chi connectivity index (χ4v) is 2.16. The molecule has 0 amide bonds. The Bertz CT molecular complexity index is 172. The van der Waals surface area contributed by atoms with Crippen LogP contribution < -0.4 is 0 Å². The summed E-state index contributed by atoms with van der Waals surface area (Å²) in [7, 11) is 2.08. The normalized spacial score (nSPS) is 29.8. The fraction of sp³-hybridized carbons (Fsp3) is 1.00. The van der Waals surface area contributed by atoms with Crippen LogP contribution in [-0.4, -0.2) is 49.0 Å². The number of rotatable bonds is 5. The van der Waals surface area contributed by atoms with E-state index in [1.165, 1.54) is 25.7 Å². The molecule has 2 aliphatic rings. The molecule has 1 aliphatic heterocycles. The number of ether oxygens (including phenoxy) is 1. The molecule has 0 radical (unpaired) electrons. The van der Waals surface area contributed by atoms with Gasteiger partial charge in [-0.05, 0) is 38.6 Å². The van der Waals surface area contributed by atoms with Crippen molar-refractivity contribution in [3.05, 3.63) is 0 Å². The van der Waals surface area contributed by atoms with Gasteiger partial charge in [0.2, 0.25) is 0 Å². The van der Waals surface area contributed by atoms with Gasteiger partial charge in [0.15, 0.2) is 0 Å². The van der Waals surface area contributed by atoms with E-state index in [2.05, 4.69) is 11.9 Å². The van der Waals surface area contributed by atoms with Crippen LogP contribution >= 0.6 is 0 Å². The maximum atomic E-state index is 9.75. The van der Waals surface area contributed by atoms with Gasteiger partial charge in [0.05, 0.1) is 12.2 Å². The Kier molecular flexibility index (Phi) is 3.42. The molecule has 0 aromatic heterocycles. The Balaban J connectivity index is 1.63. The zero-order valence-corrected chi connectivity index (χ0v) is 8.98. The van der Waals surface area contributed by atoms with Gasteiger partial charge in [0, 0.05) is 19.7 Å². The predicted octanol–water partition coefficient (Wildman–Crippen LogP) is 0.868. The van der Waals surface area contributed by atoms with Crippen molar-refractivity contribution in [3.63, 3.8) is 0 Å². The van der Waals surface area contributed by atoms with E-state index >= 15 is 0 Å². The van der Waals surface area contributed by atoms with Gasteiger partial charge in [-0.15, -0.1) is 0 Å². The zero-order valence-electron chi connectivity index (χ0n) is 8.98. The van der Waals surface area contributed by atoms with Crippen molar-refractivity contribution in [1.29, 1.82) is 0 Å². The SMILES string of the molecule is CN(CC1CCCO1)CC(O)C1CC1. The molecule has 1 N–H and O–H groups in total. The lowest BCUT2D eigenvalue weighted by Gasteiger charge is -2.23. The summed E-state index contributed by atoms with van der Waals surface area (Å²) in [5, 5.41) is 9.75. The lowest BCUT2D eigenvalue weighted by Crippen LogP contribution is -2.35. The van der Waals surface area contributed by atoms with Gasteiger partial charge in [-0.2, -0.15) is 0 Å². The maximum absolute atomic E-state index is 9.75. The number of hydrogen-bond acceptors (Lipinski definition) is 3. The highest BCUT2D eigenvalue weighted by atomic mass is 16.5. The highest BCUT2D eigenvalue weighted by molar-refractivity contribution is 4.83. The van der Waals surface area contributed by atoms with Crippen LogP contribution in [-0.2, 0) is 4.74 Å². The third-order valence-corrected chi connectivity index (χ3v) is 3.20. The molecule has 0 bridgehead atoms. The Morgan fingerprint density at radius 2 is 2.21 bits per heavy atom. The summed E-state index contributed by atoms with van der Waals surface area (Å²) in [5.74, 6) is 0.585. The average Bonchev–Trinajstić information content (AvgIpc) is 2.87. The van der Waals surface area contributed by atoms with Crippen molar-refractivity contribution < 1.29 is 9.84 Å². The Labute approximate surface area is 86.0 Å². The smallest absolute Gasteiger partial charge is 0.0702 e. The summed E-state index contributed by atoms with van der Waals surface area (Å²) in [5.41, 5.74) is 0. The molecule has 0 aromatic carbocycles. The van der Waals surface area contributed by atoms with Crippen molar-refractivity contribution in [2.24, 2.45) is 5.92 Å². The van der Waals surface area contributed by atoms with Gasteiger partial charge >= 0.3 is 0 Å². The largest absolute Gasteiger partial charge is 0.392 e. The Morgan fingerprint density at radius 3 is 2.79 bits per heavy atom. The van der Waals surface area contributed by atoms with Crippen LogP contribution in [0, 0.1) is 5.92 Å². The second kappa shape index (κ2) is 4.60. The summed E-state index contributed by atoms with van der Waals surface area (Å²) in [6.45, 7) is 2.71. The molecule has 2 fully saturated rings. The first kappa shape index (κ1) is 10.4. The van der Waals surface area contributed by atoms with Gasteiger partial charge in [-0.25, -0.2) is 0 Å². The quantitative estimate of drug-likeness (QED) is 0.713. The van der Waals surface area contributed by atoms with Gasteiger partial charge in [0.1, 0.15) is 0 Å². The van der Waals surface area contributed by atoms with Crippen molar-refractivity contribution in [2.75, 3.05) is 26.7 Å². The molecule has 2 unspecified atom stereocenters. The predicted molar refractivity (Wildman–Crippen MR) is 55.2 cm³/mol. The van der Waals surface area contributed by atoms with Crippen LogP contribution in [0.15, 0.2) is 0 Å². The van der Waals surface area contributed by atoms with E-state index in [1.54, 1.807) is 0 Å². The topological polar surface area (TPSA) is 32.7 Å². The molecule has 2 rings (SSSR count). The molecule has 0 spiro atoms. The molecule has 0 aromatic rings. The van der Waals surface area contributed by atoms with Crippen LogP contribution in [0.25, 0.3) is 0 Å². The summed E-state index contributed by atoms with van der Waals surface area (Å²) in [4.78, 5) is 2.21. The van der Waals surface area contributed by atoms with Crippen LogP contribution in [0.3, 0.4) is 0 Å². The summed E-state index contributed by atoms with van der Waals surface area (Å²) in [6.07, 6.45) is 5.12. The first-order valence-corrected chi connectivity index (χ1v) is 5.74. The fourth-order valence-electron chi connectivity index (χ4n) is 2.16. The van der Waals surface area contributed by atoms with Crippen molar-refractivity contribution in [3.8, 4) is 0 Å². The first-order valence-electron chi connectivity index (χ1n) is 5.74. The third-order valence-electron chi connectivity index (χ3n) is 3.20. The van der Waals surface area contributed by atoms with E-state index in [9.17, 15) is 5.11 Å². The third kappa shape index (κ3) is 2.94. The van der Waals surface area contributed by atoms with Crippen molar-refractivity contribution >= 4 is 0 Å². The number of aliphatic hydroxyl groups is 1. The molecule has 3 nitrogen and oxygen atoms in total. The second-order valence-electron chi connectivity index (χ2n) is 4.76. The molecule has 82 valence electrons. The van der Waals surface area contributed by atoms with E-state index < -0.39 is 0 Å². The van der Waals surface area contributed by atoms with Gasteiger partial charge in [0.25, 0.3) is 0 Å². The highest BCUT2D eigenvalue weighted by Gasteiger charge is 2.30. The minimum absolute atomic E-state index is 0.110. The zero-order chi connectivity index (χ0) is 9.97. The number of hydrogen-bond donors (Lipinski definition) is 1. The molecule has 14 heavy (non-hydrogen) atoms. The minimum atomic E-state index is -0.110. The monoisotopic (exact) mass is 199 g/mol. The van der Waals surface area contributed by atoms with Crippen LogP contribution in [0.5, 0.6) is 0 Å². The molecule has 3 heteroatoms. The molecule has 2 atom stereocenters. The number of likely N-dealkylation sites (N-methyl/N-ethyl adjacent to an activating group) is 1. The van der Waals surface area contributed by atoms with E-state index in [0.29, 0.717) is 12.0 Å². The summed E-state index contributed by atoms with van der Waals surface area (Å²) in [6, 6.07) is 0. The molecular formula is C11H21NO2. The molecule has 1 saturated carbocycles. The summed E-state index contributed by atoms with van der Waals surface area (Å²) < 4.78 is 5.56. The van der Waals surface area contributed by atoms with Crippen LogP contribution in [0.1, 0.15) is 25.7 Å². The average molecular weight is 199 g/mol. The standard InChI is InChI=1S/C11H21NO2/c1-12(7-10-3-2-6-14-10)8-11(13)9-4-5-9/h9-11,13H,2-8H2,1H3. The lowest BCUT2D eigenvalue weighted by atomic mass is 10.2. The highest BCUT2D eigenvalue weighted by Crippen LogP contribution is 2.32. The van der Waals surface area contributed by atoms with Gasteiger partial charge in [-0.1, -0.05) is 0 Å². The Morgan fingerprint density at radius 1 is 1.43 bits per heavy atom. The van der Waals surface area contributed by atoms with Crippen molar-refractivity contribution in [2.45, 2.75) is 37.9 Å². The molecular weight excluding hydrogens is 178 g/mol. The van der Waals surface area contributed by atoms with E-state index in [-0.39, 0.29) is 6.10 Å². The molecule has 1 saturated heterocycles. The van der Waals surface area contributed by atoms with Gasteiger partial charge in [-0.3, -0.25) is 0 Å². The molecule has 1 heterocycles. The van der Waals surface area contributed by atoms with Crippen LogP contribution in [0.4, 0.5) is 0 Å². The number of nitrogens with zero attached hydrogens (tertiary/aromatic N) is 1. The Hall–Kier alpha value is -0.120. The van der Waals surface area contributed by atoms with E-state index in [1.807, 2.05) is 0 Å². The molecule has 1 aliphatic carbocycles. The number of aliphatic hydroxyl groups excluding tert-OH is 1. The maximum Gasteiger partial charge on any atom is 0.0702 e. The van der Waals surface area contributed by atoms with Gasteiger partial charge < -0.3 is 14.7 Å². The first-order chi connectivity index (χ1) is 6.75. The second-order valence-corrected chi connectivity index (χ2v) is 4.76. The van der Waals surface area contributed by atoms with Crippen LogP contribution in [0.2, 0.25) is 0 Å². The van der Waals surface area contributed by atoms with E-state index in [0.717, 1.165) is 19.7 Å². The lowest BCUT2D eigenvalue weighted by molar-refractivity contribution is 0.0547. The minimum Gasteiger partial charge on any atom is -0.392 e. The van der Waals surface area contributed by atoms with E-state index in [4.69, 9.17) is 4.74 Å².